The molecule has 0 amide bonds. The van der Waals surface area contributed by atoms with Crippen molar-refractivity contribution in [2.45, 2.75) is 23.9 Å². The molecule has 2 heterocycles. The molecule has 18 heteroatoms. The van der Waals surface area contributed by atoms with Crippen molar-refractivity contribution in [1.82, 2.24) is 9.55 Å². The Balaban J connectivity index is 0.000000447. The van der Waals surface area contributed by atoms with E-state index in [1.54, 1.807) is 12.5 Å². The van der Waals surface area contributed by atoms with Gasteiger partial charge in [0.05, 0.1) is 26.5 Å². The maximum atomic E-state index is 10.7. The van der Waals surface area contributed by atoms with E-state index in [-0.39, 0.29) is 0 Å². The topological polar surface area (TPSA) is 153 Å². The van der Waals surface area contributed by atoms with Gasteiger partial charge in [0.1, 0.15) is 0 Å². The zero-order chi connectivity index (χ0) is 27.6. The van der Waals surface area contributed by atoms with E-state index in [1.165, 1.54) is 12.8 Å². The van der Waals surface area contributed by atoms with E-state index in [4.69, 9.17) is 31.2 Å². The monoisotopic (exact) mass is 554 g/mol. The van der Waals surface area contributed by atoms with E-state index >= 15 is 0 Å². The number of rotatable bonds is 1. The Kier molecular flexibility index (Phi) is 11.8. The van der Waals surface area contributed by atoms with Crippen LogP contribution in [0.4, 0.5) is 26.3 Å². The van der Waals surface area contributed by atoms with E-state index in [0.717, 1.165) is 18.8 Å². The third-order valence-electron chi connectivity index (χ3n) is 3.93. The van der Waals surface area contributed by atoms with Crippen molar-refractivity contribution in [2.24, 2.45) is 0 Å². The second-order valence-corrected chi connectivity index (χ2v) is 9.56. The van der Waals surface area contributed by atoms with E-state index in [2.05, 4.69) is 11.2 Å². The van der Waals surface area contributed by atoms with Gasteiger partial charge in [0.25, 0.3) is 0 Å². The Morgan fingerprint density at radius 3 is 1.71 bits per heavy atom. The largest absolute Gasteiger partial charge is 0.741 e. The van der Waals surface area contributed by atoms with Crippen LogP contribution in [-0.4, -0.2) is 71.1 Å². The fraction of sp³-hybridized carbons (Fsp3) is 0.412. The lowest BCUT2D eigenvalue weighted by Gasteiger charge is -2.15. The molecule has 0 aliphatic carbocycles. The number of para-hydroxylation sites is 1. The number of imidazole rings is 1. The fourth-order valence-corrected chi connectivity index (χ4v) is 2.15. The van der Waals surface area contributed by atoms with E-state index < -0.39 is 31.3 Å². The molecule has 1 aliphatic heterocycles. The Morgan fingerprint density at radius 1 is 1.03 bits per heavy atom. The first-order valence-electron chi connectivity index (χ1n) is 9.09. The van der Waals surface area contributed by atoms with Gasteiger partial charge < -0.3 is 9.12 Å². The number of nitriles is 1. The lowest BCUT2D eigenvalue weighted by Crippen LogP contribution is -2.34. The maximum Gasteiger partial charge on any atom is 0.522 e. The molecule has 3 rings (SSSR count). The van der Waals surface area contributed by atoms with Gasteiger partial charge in [0.2, 0.25) is 0 Å². The molecule has 1 N–H and O–H groups in total. The van der Waals surface area contributed by atoms with Crippen LogP contribution in [0, 0.1) is 11.5 Å². The van der Waals surface area contributed by atoms with Crippen molar-refractivity contribution in [3.05, 3.63) is 49.1 Å². The smallest absolute Gasteiger partial charge is 0.522 e. The number of aromatic nitrogens is 2. The van der Waals surface area contributed by atoms with Crippen LogP contribution in [0.2, 0.25) is 0 Å². The summed E-state index contributed by atoms with van der Waals surface area (Å²) in [4.78, 5) is 3.96. The van der Waals surface area contributed by atoms with Gasteiger partial charge in [-0.15, -0.1) is 5.26 Å². The molecule has 0 spiro atoms. The van der Waals surface area contributed by atoms with Crippen LogP contribution in [0.5, 0.6) is 0 Å². The molecule has 1 aromatic heterocycles. The number of hydrogen-bond donors (Lipinski definition) is 1. The molecule has 198 valence electrons. The number of likely N-dealkylation sites (tertiary alicyclic amines) is 1. The maximum absolute atomic E-state index is 10.7. The van der Waals surface area contributed by atoms with Crippen LogP contribution in [0.3, 0.4) is 0 Å². The minimum absolute atomic E-state index is 0.625. The summed E-state index contributed by atoms with van der Waals surface area (Å²) >= 11 is 0. The zero-order valence-corrected chi connectivity index (χ0v) is 19.4. The second-order valence-electron chi connectivity index (χ2n) is 6.78. The summed E-state index contributed by atoms with van der Waals surface area (Å²) in [5.74, 6) is 0. The molecule has 0 radical (unpaired) electrons. The quantitative estimate of drug-likeness (QED) is 0.186. The summed E-state index contributed by atoms with van der Waals surface area (Å²) in [5.41, 5.74) is -10.0. The van der Waals surface area contributed by atoms with Crippen LogP contribution in [0.1, 0.15) is 12.8 Å². The number of hydrogen-bond acceptors (Lipinski definition) is 7. The van der Waals surface area contributed by atoms with Crippen molar-refractivity contribution in [2.75, 3.05) is 20.1 Å². The van der Waals surface area contributed by atoms with Crippen LogP contribution in [0.15, 0.2) is 49.1 Å². The number of quaternary nitrogens is 1. The second kappa shape index (κ2) is 12.8. The highest BCUT2D eigenvalue weighted by atomic mass is 32.2. The van der Waals surface area contributed by atoms with Gasteiger partial charge >= 0.3 is 27.3 Å². The lowest BCUT2D eigenvalue weighted by molar-refractivity contribution is -0.832. The molecule has 10 nitrogen and oxygen atoms in total. The molecule has 0 atom stereocenters. The summed E-state index contributed by atoms with van der Waals surface area (Å²) < 4.78 is 119. The van der Waals surface area contributed by atoms with Gasteiger partial charge in [-0.1, -0.05) is 18.2 Å². The summed E-state index contributed by atoms with van der Waals surface area (Å²) in [6.45, 7) is 2.10. The predicted octanol–water partition coefficient (Wildman–Crippen LogP) is 3.03. The van der Waals surface area contributed by atoms with Crippen LogP contribution < -0.4 is 0 Å². The molecular weight excluding hydrogens is 534 g/mol. The van der Waals surface area contributed by atoms with Crippen molar-refractivity contribution in [3.8, 4) is 11.9 Å². The first kappa shape index (κ1) is 32.3. The molecule has 1 saturated heterocycles. The van der Waals surface area contributed by atoms with Gasteiger partial charge in [-0.2, -0.15) is 34.8 Å². The van der Waals surface area contributed by atoms with Gasteiger partial charge in [-0.25, -0.2) is 17.9 Å². The molecular formula is C17H20F6N4O6S2. The van der Waals surface area contributed by atoms with Crippen LogP contribution >= 0.6 is 0 Å². The highest BCUT2D eigenvalue weighted by Crippen LogP contribution is 2.21. The zero-order valence-electron chi connectivity index (χ0n) is 17.8. The van der Waals surface area contributed by atoms with Gasteiger partial charge in [-0.05, 0) is 12.1 Å². The van der Waals surface area contributed by atoms with E-state index in [1.807, 2.05) is 48.1 Å². The van der Waals surface area contributed by atoms with E-state index in [0.29, 0.717) is 4.48 Å². The first-order chi connectivity index (χ1) is 15.7. The number of nitrogens with zero attached hydrogens (tertiary/aromatic N) is 4. The summed E-state index contributed by atoms with van der Waals surface area (Å²) in [6.07, 6.45) is 10.2. The number of halogens is 6. The van der Waals surface area contributed by atoms with Crippen molar-refractivity contribution >= 4 is 20.2 Å². The highest BCUT2D eigenvalue weighted by Gasteiger charge is 2.44. The van der Waals surface area contributed by atoms with Crippen LogP contribution in [0.25, 0.3) is 5.69 Å². The molecule has 0 unspecified atom stereocenters. The number of alkyl halides is 6. The SMILES string of the molecule is C[N+]1(C#N)CCCC1.O=S(=O)(O)C(F)(F)F.O=S(=O)([O-])C(F)(F)F.c1ccc(-n2ccnc2)cc1. The summed E-state index contributed by atoms with van der Waals surface area (Å²) in [5, 5.41) is 8.55. The Morgan fingerprint density at radius 2 is 1.46 bits per heavy atom. The van der Waals surface area contributed by atoms with Crippen molar-refractivity contribution in [1.29, 1.82) is 5.26 Å². The molecule has 0 saturated carbocycles. The van der Waals surface area contributed by atoms with Gasteiger partial charge in [-0.3, -0.25) is 4.55 Å². The number of benzene rings is 1. The molecule has 0 bridgehead atoms. The molecule has 1 fully saturated rings. The van der Waals surface area contributed by atoms with Crippen molar-refractivity contribution in [3.63, 3.8) is 0 Å². The summed E-state index contributed by atoms with van der Waals surface area (Å²) in [7, 11) is -9.94. The predicted molar refractivity (Wildman–Crippen MR) is 108 cm³/mol. The molecule has 2 aromatic rings. The molecule has 1 aliphatic rings. The van der Waals surface area contributed by atoms with Gasteiger partial charge in [0.15, 0.2) is 10.1 Å². The minimum atomic E-state index is -6.09. The normalized spacial score (nSPS) is 15.2. The Labute approximate surface area is 197 Å². The molecule has 1 aromatic carbocycles. The fourth-order valence-electron chi connectivity index (χ4n) is 2.15. The Bertz CT molecular complexity index is 1100. The average Bonchev–Trinajstić information content (AvgIpc) is 3.40. The Hall–Kier alpha value is -2.72. The third-order valence-corrected chi connectivity index (χ3v) is 5.08. The van der Waals surface area contributed by atoms with Crippen LogP contribution in [-0.2, 0) is 20.2 Å². The van der Waals surface area contributed by atoms with Crippen molar-refractivity contribution < 1.29 is 56.8 Å². The average molecular weight is 554 g/mol. The lowest BCUT2D eigenvalue weighted by atomic mass is 10.3. The van der Waals surface area contributed by atoms with Gasteiger partial charge in [0, 0.05) is 30.9 Å². The highest BCUT2D eigenvalue weighted by molar-refractivity contribution is 7.86. The van der Waals surface area contributed by atoms with E-state index in [9.17, 15) is 26.3 Å². The minimum Gasteiger partial charge on any atom is -0.741 e. The molecule has 35 heavy (non-hydrogen) atoms. The standard InChI is InChI=1S/C9H8N2.C6H11N2.2CHF3O3S/c1-2-4-9(5-3-1)11-7-6-10-8-11;1-8(6-7)4-2-3-5-8;2*2-1(3,4)8(5,6)7/h1-8H;2-5H2,1H3;2*(H,5,6,7)/q;+1;;/p-1. The third kappa shape index (κ3) is 12.5. The summed E-state index contributed by atoms with van der Waals surface area (Å²) in [6, 6.07) is 10.1. The first-order valence-corrected chi connectivity index (χ1v) is 11.9.